The maximum absolute atomic E-state index is 12.6. The van der Waals surface area contributed by atoms with Gasteiger partial charge in [0, 0.05) is 26.3 Å². The van der Waals surface area contributed by atoms with Crippen LogP contribution in [0.25, 0.3) is 0 Å². The molecule has 2 aromatic rings. The minimum Gasteiger partial charge on any atom is -0.474 e. The fourth-order valence-corrected chi connectivity index (χ4v) is 4.38. The van der Waals surface area contributed by atoms with Crippen LogP contribution in [0.5, 0.6) is 5.88 Å². The third-order valence-electron chi connectivity index (χ3n) is 4.85. The van der Waals surface area contributed by atoms with Crippen LogP contribution in [0.2, 0.25) is 0 Å². The Labute approximate surface area is 177 Å². The Morgan fingerprint density at radius 1 is 1.13 bits per heavy atom. The molecule has 1 heterocycles. The number of carbonyl (C=O) groups excluding carboxylic acids is 1. The average molecular weight is 434 g/mol. The van der Waals surface area contributed by atoms with Crippen LogP contribution in [0.4, 0.5) is 5.69 Å². The molecule has 0 radical (unpaired) electrons. The number of hydrogen-bond donors (Lipinski definition) is 2. The van der Waals surface area contributed by atoms with Crippen molar-refractivity contribution in [2.45, 2.75) is 37.0 Å². The highest BCUT2D eigenvalue weighted by Crippen LogP contribution is 2.24. The second kappa shape index (κ2) is 10.5. The average Bonchev–Trinajstić information content (AvgIpc) is 2.74. The number of pyridine rings is 1. The molecule has 0 spiro atoms. The van der Waals surface area contributed by atoms with E-state index in [0.29, 0.717) is 18.9 Å². The molecule has 30 heavy (non-hydrogen) atoms. The lowest BCUT2D eigenvalue weighted by Gasteiger charge is -2.16. The van der Waals surface area contributed by atoms with Crippen molar-refractivity contribution in [3.63, 3.8) is 0 Å². The number of rotatable bonds is 10. The van der Waals surface area contributed by atoms with Gasteiger partial charge in [0.05, 0.1) is 11.5 Å². The maximum Gasteiger partial charge on any atom is 0.240 e. The summed E-state index contributed by atoms with van der Waals surface area (Å²) in [6.07, 6.45) is 5.66. The molecule has 0 fully saturated rings. The van der Waals surface area contributed by atoms with E-state index in [9.17, 15) is 13.2 Å². The highest BCUT2D eigenvalue weighted by molar-refractivity contribution is 7.89. The van der Waals surface area contributed by atoms with E-state index in [1.165, 1.54) is 5.56 Å². The zero-order valence-corrected chi connectivity index (χ0v) is 17.8. The first-order chi connectivity index (χ1) is 14.5. The molecule has 1 aromatic carbocycles. The van der Waals surface area contributed by atoms with Crippen molar-refractivity contribution in [1.29, 1.82) is 0 Å². The van der Waals surface area contributed by atoms with Crippen molar-refractivity contribution in [2.24, 2.45) is 0 Å². The minimum absolute atomic E-state index is 0.00855. The predicted octanol–water partition coefficient (Wildman–Crippen LogP) is 2.29. The highest BCUT2D eigenvalue weighted by atomic mass is 32.2. The Morgan fingerprint density at radius 2 is 1.93 bits per heavy atom. The molecule has 2 N–H and O–H groups in total. The van der Waals surface area contributed by atoms with E-state index < -0.39 is 10.0 Å². The van der Waals surface area contributed by atoms with Gasteiger partial charge in [-0.05, 0) is 61.1 Å². The lowest BCUT2D eigenvalue weighted by molar-refractivity contribution is -0.116. The molecule has 0 saturated carbocycles. The van der Waals surface area contributed by atoms with Crippen molar-refractivity contribution in [3.8, 4) is 5.88 Å². The molecule has 1 aromatic heterocycles. The summed E-state index contributed by atoms with van der Waals surface area (Å²) in [7, 11) is -2.10. The number of fused-ring (bicyclic) bond motifs is 1. The number of aryl methyl sites for hydroxylation is 2. The van der Waals surface area contributed by atoms with E-state index in [4.69, 9.17) is 9.47 Å². The van der Waals surface area contributed by atoms with Gasteiger partial charge in [0.15, 0.2) is 0 Å². The molecule has 1 aliphatic rings. The number of sulfonamides is 1. The van der Waals surface area contributed by atoms with Gasteiger partial charge in [-0.3, -0.25) is 4.79 Å². The van der Waals surface area contributed by atoms with Crippen molar-refractivity contribution < 1.29 is 22.7 Å². The number of anilines is 1. The molecule has 0 atom stereocenters. The number of ether oxygens (including phenoxy) is 2. The molecule has 0 aliphatic heterocycles. The van der Waals surface area contributed by atoms with Gasteiger partial charge >= 0.3 is 0 Å². The number of methoxy groups -OCH3 is 1. The van der Waals surface area contributed by atoms with Crippen molar-refractivity contribution in [3.05, 3.63) is 47.7 Å². The third-order valence-corrected chi connectivity index (χ3v) is 6.30. The third kappa shape index (κ3) is 6.01. The molecule has 1 amide bonds. The zero-order valence-electron chi connectivity index (χ0n) is 17.0. The molecule has 8 nitrogen and oxygen atoms in total. The number of hydrogen-bond acceptors (Lipinski definition) is 6. The molecule has 162 valence electrons. The van der Waals surface area contributed by atoms with Gasteiger partial charge in [-0.2, -0.15) is 0 Å². The van der Waals surface area contributed by atoms with Crippen LogP contribution in [0.15, 0.2) is 41.4 Å². The first-order valence-electron chi connectivity index (χ1n) is 9.97. The molecular weight excluding hydrogens is 406 g/mol. The van der Waals surface area contributed by atoms with E-state index in [2.05, 4.69) is 15.0 Å². The quantitative estimate of drug-likeness (QED) is 0.557. The van der Waals surface area contributed by atoms with Gasteiger partial charge in [0.25, 0.3) is 0 Å². The predicted molar refractivity (Wildman–Crippen MR) is 113 cm³/mol. The van der Waals surface area contributed by atoms with Gasteiger partial charge < -0.3 is 14.8 Å². The largest absolute Gasteiger partial charge is 0.474 e. The molecule has 9 heteroatoms. The summed E-state index contributed by atoms with van der Waals surface area (Å²) in [6, 6.07) is 8.62. The normalized spacial score (nSPS) is 13.5. The summed E-state index contributed by atoms with van der Waals surface area (Å²) in [5.74, 6) is -0.0507. The second-order valence-corrected chi connectivity index (χ2v) is 8.80. The zero-order chi connectivity index (χ0) is 21.4. The summed E-state index contributed by atoms with van der Waals surface area (Å²) < 4.78 is 38.1. The Kier molecular flexibility index (Phi) is 7.78. The number of benzene rings is 1. The van der Waals surface area contributed by atoms with Crippen LogP contribution in [0.1, 0.15) is 30.4 Å². The molecular formula is C21H27N3O5S. The number of nitrogens with zero attached hydrogens (tertiary/aromatic N) is 1. The standard InChI is InChI=1S/C21H27N3O5S/c1-28-13-14-29-21-19(7-4-11-22-21)24-20(25)10-12-23-30(26,27)18-9-8-16-5-2-3-6-17(16)15-18/h4,7-9,11,15,23H,2-3,5-6,10,12-14H2,1H3,(H,24,25). The Balaban J connectivity index is 1.53. The van der Waals surface area contributed by atoms with Crippen LogP contribution < -0.4 is 14.8 Å². The Hall–Kier alpha value is -2.49. The minimum atomic E-state index is -3.67. The Bertz CT molecular complexity index is 978. The van der Waals surface area contributed by atoms with Gasteiger partial charge in [0.1, 0.15) is 12.3 Å². The molecule has 3 rings (SSSR count). The molecule has 0 bridgehead atoms. The summed E-state index contributed by atoms with van der Waals surface area (Å²) in [5, 5.41) is 2.70. The summed E-state index contributed by atoms with van der Waals surface area (Å²) >= 11 is 0. The van der Waals surface area contributed by atoms with E-state index in [0.717, 1.165) is 31.2 Å². The fourth-order valence-electron chi connectivity index (χ4n) is 3.29. The summed E-state index contributed by atoms with van der Waals surface area (Å²) in [4.78, 5) is 16.6. The topological polar surface area (TPSA) is 107 Å². The van der Waals surface area contributed by atoms with Gasteiger partial charge in [-0.25, -0.2) is 18.1 Å². The number of aromatic nitrogens is 1. The van der Waals surface area contributed by atoms with Gasteiger partial charge in [0.2, 0.25) is 21.8 Å². The van der Waals surface area contributed by atoms with Crippen LogP contribution in [0, 0.1) is 0 Å². The molecule has 1 aliphatic carbocycles. The first-order valence-corrected chi connectivity index (χ1v) is 11.5. The monoisotopic (exact) mass is 433 g/mol. The van der Waals surface area contributed by atoms with Crippen LogP contribution in [-0.2, 0) is 32.4 Å². The lowest BCUT2D eigenvalue weighted by atomic mass is 9.92. The van der Waals surface area contributed by atoms with Crippen LogP contribution >= 0.6 is 0 Å². The van der Waals surface area contributed by atoms with E-state index in [1.54, 1.807) is 37.6 Å². The van der Waals surface area contributed by atoms with Gasteiger partial charge in [-0.15, -0.1) is 0 Å². The smallest absolute Gasteiger partial charge is 0.240 e. The molecule has 0 saturated heterocycles. The number of nitrogens with one attached hydrogen (secondary N) is 2. The highest BCUT2D eigenvalue weighted by Gasteiger charge is 2.18. The summed E-state index contributed by atoms with van der Waals surface area (Å²) in [6.45, 7) is 0.691. The van der Waals surface area contributed by atoms with E-state index in [-0.39, 0.29) is 29.6 Å². The first kappa shape index (κ1) is 22.2. The lowest BCUT2D eigenvalue weighted by Crippen LogP contribution is -2.28. The summed E-state index contributed by atoms with van der Waals surface area (Å²) in [5.41, 5.74) is 2.75. The second-order valence-electron chi connectivity index (χ2n) is 7.03. The van der Waals surface area contributed by atoms with Crippen molar-refractivity contribution in [1.82, 2.24) is 9.71 Å². The SMILES string of the molecule is COCCOc1ncccc1NC(=O)CCNS(=O)(=O)c1ccc2c(c1)CCCC2. The van der Waals surface area contributed by atoms with E-state index in [1.807, 2.05) is 6.07 Å². The number of amides is 1. The van der Waals surface area contributed by atoms with Crippen LogP contribution in [-0.4, -0.2) is 46.2 Å². The van der Waals surface area contributed by atoms with Gasteiger partial charge in [-0.1, -0.05) is 6.07 Å². The maximum atomic E-state index is 12.6. The Morgan fingerprint density at radius 3 is 2.73 bits per heavy atom. The van der Waals surface area contributed by atoms with Crippen molar-refractivity contribution >= 4 is 21.6 Å². The number of carbonyl (C=O) groups is 1. The van der Waals surface area contributed by atoms with E-state index >= 15 is 0 Å². The van der Waals surface area contributed by atoms with Crippen molar-refractivity contribution in [2.75, 3.05) is 32.2 Å². The molecule has 0 unspecified atom stereocenters. The fraction of sp³-hybridized carbons (Fsp3) is 0.429. The van der Waals surface area contributed by atoms with Crippen LogP contribution in [0.3, 0.4) is 0 Å².